The maximum atomic E-state index is 14.7. The molecule has 3 N–H and O–H groups in total. The largest absolute Gasteiger partial charge is 0.458 e. The van der Waals surface area contributed by atoms with Crippen LogP contribution in [0.1, 0.15) is 46.4 Å². The molecule has 8 rings (SSSR count). The minimum Gasteiger partial charge on any atom is -0.458 e. The number of para-hydroxylation sites is 2. The summed E-state index contributed by atoms with van der Waals surface area (Å²) in [5, 5.41) is 9.94. The van der Waals surface area contributed by atoms with Crippen LogP contribution in [0, 0.1) is 47.3 Å². The maximum absolute atomic E-state index is 14.7. The average Bonchev–Trinajstić information content (AvgIpc) is 4.02. The molecule has 0 spiro atoms. The van der Waals surface area contributed by atoms with E-state index in [-0.39, 0.29) is 57.5 Å². The van der Waals surface area contributed by atoms with E-state index in [0.29, 0.717) is 73.7 Å². The number of nitrogens with one attached hydrogen (secondary N) is 3. The molecule has 2 aromatic carbocycles. The summed E-state index contributed by atoms with van der Waals surface area (Å²) in [6.07, 6.45) is 0.0788. The van der Waals surface area contributed by atoms with Gasteiger partial charge in [0.1, 0.15) is 22.5 Å². The summed E-state index contributed by atoms with van der Waals surface area (Å²) in [6, 6.07) is 17.0. The number of carbonyl (C=O) groups excluding carboxylic acids is 6. The second-order valence-electron chi connectivity index (χ2n) is 17.8. The second kappa shape index (κ2) is 19.7. The molecule has 4 bridgehead atoms. The Morgan fingerprint density at radius 3 is 1.38 bits per heavy atom. The Hall–Kier alpha value is -4.93. The Kier molecular flexibility index (Phi) is 14.5. The van der Waals surface area contributed by atoms with Gasteiger partial charge in [0.15, 0.2) is 0 Å². The number of amides is 4. The van der Waals surface area contributed by atoms with Crippen LogP contribution < -0.4 is 16.0 Å². The van der Waals surface area contributed by atoms with Crippen LogP contribution in [0.4, 0.5) is 0 Å². The normalized spacial score (nSPS) is 26.5. The van der Waals surface area contributed by atoms with E-state index in [1.165, 1.54) is 12.1 Å². The number of hydrogen-bond donors (Lipinski definition) is 3. The average molecular weight is 937 g/mol. The first-order valence-corrected chi connectivity index (χ1v) is 22.2. The lowest BCUT2D eigenvalue weighted by atomic mass is 9.75. The third kappa shape index (κ3) is 9.55. The number of carbonyl (C=O) groups is 6. The van der Waals surface area contributed by atoms with Crippen molar-refractivity contribution in [3.63, 3.8) is 0 Å². The zero-order chi connectivity index (χ0) is 44.7. The molecule has 0 radical (unpaired) electrons. The van der Waals surface area contributed by atoms with Crippen molar-refractivity contribution in [3.05, 3.63) is 82.1 Å². The van der Waals surface area contributed by atoms with Gasteiger partial charge in [-0.2, -0.15) is 0 Å². The molecule has 10 unspecified atom stereocenters. The molecule has 18 heteroatoms. The highest BCUT2D eigenvalue weighted by Crippen LogP contribution is 2.56. The number of nitrogens with zero attached hydrogens (tertiary/aromatic N) is 4. The van der Waals surface area contributed by atoms with Crippen LogP contribution in [0.25, 0.3) is 21.8 Å². The smallest absolute Gasteiger partial charge is 0.339 e. The van der Waals surface area contributed by atoms with Crippen LogP contribution in [0.15, 0.2) is 60.7 Å². The Morgan fingerprint density at radius 2 is 0.984 bits per heavy atom. The number of pyridine rings is 2. The van der Waals surface area contributed by atoms with Gasteiger partial charge in [-0.25, -0.2) is 19.6 Å². The lowest BCUT2D eigenvalue weighted by molar-refractivity contribution is -0.147. The van der Waals surface area contributed by atoms with Crippen molar-refractivity contribution in [2.45, 2.75) is 37.9 Å². The number of fused-ring (bicyclic) bond motifs is 6. The summed E-state index contributed by atoms with van der Waals surface area (Å²) in [7, 11) is 7.55. The molecule has 2 aromatic heterocycles. The monoisotopic (exact) mass is 935 g/mol. The molecule has 15 nitrogen and oxygen atoms in total. The zero-order valence-corrected chi connectivity index (χ0v) is 38.3. The molecule has 10 atom stereocenters. The van der Waals surface area contributed by atoms with E-state index in [2.05, 4.69) is 25.9 Å². The highest BCUT2D eigenvalue weighted by molar-refractivity contribution is 6.31. The van der Waals surface area contributed by atoms with Gasteiger partial charge in [-0.3, -0.25) is 24.5 Å². The van der Waals surface area contributed by atoms with Crippen LogP contribution in [0.5, 0.6) is 0 Å². The summed E-state index contributed by atoms with van der Waals surface area (Å²) >= 11 is 12.6. The van der Waals surface area contributed by atoms with Crippen LogP contribution in [0.2, 0.25) is 10.3 Å². The summed E-state index contributed by atoms with van der Waals surface area (Å²) in [4.78, 5) is 97.3. The molecule has 4 fully saturated rings. The minimum absolute atomic E-state index is 0. The summed E-state index contributed by atoms with van der Waals surface area (Å²) in [6.45, 7) is 1.84. The van der Waals surface area contributed by atoms with Gasteiger partial charge in [0.25, 0.3) is 0 Å². The molecule has 2 heterocycles. The number of esters is 2. The van der Waals surface area contributed by atoms with Gasteiger partial charge in [0, 0.05) is 48.8 Å². The van der Waals surface area contributed by atoms with Crippen molar-refractivity contribution < 1.29 is 38.2 Å². The number of hydrogen-bond acceptors (Lipinski definition) is 12. The standard InChI is InChI=1S/C46H51Cl2N7O8.ClH/c1-54(2)15-13-49-41(56)37-23-17-29(33(19-23)62-45(60)27-21-35(47)51-31-11-7-5-9-25(27)31)39(37)43(58)53-44(59)40-30-18-24(38(40)42(57)50-14-16-55(3)4)20-34(30)63-46(61)28-22-36(48)52-32-12-8-6-10-26(28)32;/h5-12,21-24,29-30,33-34,37-40H,13-20H2,1-4H3,(H,49,56)(H,50,57)(H,53,58,59);1H. The van der Waals surface area contributed by atoms with E-state index in [9.17, 15) is 28.8 Å². The van der Waals surface area contributed by atoms with Gasteiger partial charge in [-0.15, -0.1) is 12.4 Å². The molecule has 4 aliphatic rings. The van der Waals surface area contributed by atoms with E-state index in [4.69, 9.17) is 32.7 Å². The molecule has 0 saturated heterocycles. The van der Waals surface area contributed by atoms with Crippen molar-refractivity contribution in [2.24, 2.45) is 47.3 Å². The highest BCUT2D eigenvalue weighted by atomic mass is 35.5. The van der Waals surface area contributed by atoms with Gasteiger partial charge >= 0.3 is 11.9 Å². The van der Waals surface area contributed by atoms with Crippen molar-refractivity contribution >= 4 is 93.0 Å². The Morgan fingerprint density at radius 1 is 0.594 bits per heavy atom. The SMILES string of the molecule is CN(C)CCNC(=O)C1C2CC(OC(=O)c3cc(Cl)nc4ccccc34)C(C2)C1C(=O)NC(=O)C1C2CC(CC2OC(=O)c2cc(Cl)nc3ccccc23)C1C(=O)NCCN(C)C.Cl. The summed E-state index contributed by atoms with van der Waals surface area (Å²) in [5.41, 5.74) is 1.49. The van der Waals surface area contributed by atoms with Crippen molar-refractivity contribution in [2.75, 3.05) is 54.4 Å². The zero-order valence-electron chi connectivity index (χ0n) is 35.9. The first kappa shape index (κ1) is 47.0. The molecule has 0 aliphatic heterocycles. The van der Waals surface area contributed by atoms with Gasteiger partial charge in [-0.1, -0.05) is 59.6 Å². The fraction of sp³-hybridized carbons (Fsp3) is 0.478. The number of rotatable bonds is 14. The van der Waals surface area contributed by atoms with Crippen LogP contribution in [-0.2, 0) is 28.7 Å². The lowest BCUT2D eigenvalue weighted by Crippen LogP contribution is -2.54. The number of aromatic nitrogens is 2. The number of likely N-dealkylation sites (N-methyl/N-ethyl adjacent to an activating group) is 2. The quantitative estimate of drug-likeness (QED) is 0.0892. The number of ether oxygens (including phenoxy) is 2. The van der Waals surface area contributed by atoms with E-state index in [1.807, 2.05) is 38.0 Å². The van der Waals surface area contributed by atoms with Gasteiger partial charge < -0.3 is 29.9 Å². The Bertz CT molecular complexity index is 2310. The molecular weight excluding hydrogens is 885 g/mol. The topological polar surface area (TPSA) is 189 Å². The number of benzene rings is 2. The second-order valence-corrected chi connectivity index (χ2v) is 18.6. The maximum Gasteiger partial charge on any atom is 0.339 e. The molecule has 4 aromatic rings. The van der Waals surface area contributed by atoms with Crippen LogP contribution in [0.3, 0.4) is 0 Å². The van der Waals surface area contributed by atoms with Gasteiger partial charge in [-0.05, 0) is 90.0 Å². The number of halogens is 3. The fourth-order valence-electron chi connectivity index (χ4n) is 10.7. The van der Waals surface area contributed by atoms with E-state index in [1.54, 1.807) is 48.5 Å². The van der Waals surface area contributed by atoms with Gasteiger partial charge in [0.2, 0.25) is 23.6 Å². The first-order valence-electron chi connectivity index (χ1n) is 21.4. The van der Waals surface area contributed by atoms with Crippen LogP contribution in [-0.4, -0.2) is 122 Å². The molecule has 64 heavy (non-hydrogen) atoms. The summed E-state index contributed by atoms with van der Waals surface area (Å²) < 4.78 is 12.3. The molecule has 340 valence electrons. The highest BCUT2D eigenvalue weighted by Gasteiger charge is 2.62. The Labute approximate surface area is 387 Å². The fourth-order valence-corrected chi connectivity index (χ4v) is 11.1. The molecule has 4 aliphatic carbocycles. The van der Waals surface area contributed by atoms with E-state index < -0.39 is 71.5 Å². The van der Waals surface area contributed by atoms with Crippen molar-refractivity contribution in [1.82, 2.24) is 35.7 Å². The third-order valence-corrected chi connectivity index (χ3v) is 13.8. The number of imide groups is 1. The first-order chi connectivity index (χ1) is 30.2. The molecular formula is C46H52Cl3N7O8. The van der Waals surface area contributed by atoms with Gasteiger partial charge in [0.05, 0.1) is 45.8 Å². The lowest BCUT2D eigenvalue weighted by Gasteiger charge is -2.36. The van der Waals surface area contributed by atoms with E-state index in [0.717, 1.165) is 0 Å². The van der Waals surface area contributed by atoms with Crippen molar-refractivity contribution in [1.29, 1.82) is 0 Å². The van der Waals surface area contributed by atoms with E-state index >= 15 is 0 Å². The molecule has 4 saturated carbocycles. The Balaban J connectivity index is 0.00000612. The minimum atomic E-state index is -1.02. The predicted molar refractivity (Wildman–Crippen MR) is 242 cm³/mol. The van der Waals surface area contributed by atoms with Crippen LogP contribution >= 0.6 is 35.6 Å². The summed E-state index contributed by atoms with van der Waals surface area (Å²) in [5.74, 6) is -8.69. The molecule has 4 amide bonds. The predicted octanol–water partition coefficient (Wildman–Crippen LogP) is 4.81. The third-order valence-electron chi connectivity index (χ3n) is 13.4. The van der Waals surface area contributed by atoms with Crippen molar-refractivity contribution in [3.8, 4) is 0 Å².